The second-order valence-corrected chi connectivity index (χ2v) is 7.14. The Labute approximate surface area is 157 Å². The standard InChI is InChI=1S/C21H21N3OS/c1-2-3-7-16-10-12-17(13-11-16)24-20(25)18-8-4-5-9-19(18)23-21(24)26-15-6-14-22/h4-5,8-13H,2-3,6-7,15H2,1H3. The van der Waals surface area contributed by atoms with E-state index in [1.807, 2.05) is 30.3 Å². The van der Waals surface area contributed by atoms with E-state index in [-0.39, 0.29) is 5.56 Å². The summed E-state index contributed by atoms with van der Waals surface area (Å²) in [6.45, 7) is 2.18. The highest BCUT2D eigenvalue weighted by atomic mass is 32.2. The molecule has 0 atom stereocenters. The molecule has 0 bridgehead atoms. The topological polar surface area (TPSA) is 58.7 Å². The second-order valence-electron chi connectivity index (χ2n) is 6.08. The van der Waals surface area contributed by atoms with Crippen LogP contribution in [0.25, 0.3) is 16.6 Å². The van der Waals surface area contributed by atoms with Gasteiger partial charge in [-0.15, -0.1) is 0 Å². The molecular weight excluding hydrogens is 342 g/mol. The van der Waals surface area contributed by atoms with Crippen LogP contribution in [-0.4, -0.2) is 15.3 Å². The maximum atomic E-state index is 13.1. The summed E-state index contributed by atoms with van der Waals surface area (Å²) in [5.74, 6) is 0.607. The number of thioether (sulfide) groups is 1. The quantitative estimate of drug-likeness (QED) is 0.346. The maximum Gasteiger partial charge on any atom is 0.266 e. The minimum absolute atomic E-state index is 0.0728. The number of unbranched alkanes of at least 4 members (excludes halogenated alkanes) is 1. The molecule has 0 saturated carbocycles. The summed E-state index contributed by atoms with van der Waals surface area (Å²) in [5, 5.41) is 10.0. The lowest BCUT2D eigenvalue weighted by atomic mass is 10.1. The second kappa shape index (κ2) is 8.68. The minimum atomic E-state index is -0.0728. The van der Waals surface area contributed by atoms with Crippen molar-refractivity contribution in [3.05, 3.63) is 64.4 Å². The minimum Gasteiger partial charge on any atom is -0.268 e. The molecule has 2 aromatic carbocycles. The van der Waals surface area contributed by atoms with Gasteiger partial charge in [0.2, 0.25) is 0 Å². The Balaban J connectivity index is 2.07. The average molecular weight is 363 g/mol. The summed E-state index contributed by atoms with van der Waals surface area (Å²) in [5.41, 5.74) is 2.70. The first kappa shape index (κ1) is 18.2. The number of benzene rings is 2. The molecule has 0 unspecified atom stereocenters. The van der Waals surface area contributed by atoms with Gasteiger partial charge in [0.05, 0.1) is 22.7 Å². The van der Waals surface area contributed by atoms with Crippen molar-refractivity contribution in [3.63, 3.8) is 0 Å². The van der Waals surface area contributed by atoms with E-state index in [9.17, 15) is 4.79 Å². The van der Waals surface area contributed by atoms with Gasteiger partial charge >= 0.3 is 0 Å². The molecule has 26 heavy (non-hydrogen) atoms. The lowest BCUT2D eigenvalue weighted by Crippen LogP contribution is -2.21. The van der Waals surface area contributed by atoms with Gasteiger partial charge in [-0.2, -0.15) is 5.26 Å². The van der Waals surface area contributed by atoms with Gasteiger partial charge in [-0.3, -0.25) is 9.36 Å². The summed E-state index contributed by atoms with van der Waals surface area (Å²) in [6, 6.07) is 17.7. The molecule has 1 aromatic heterocycles. The molecule has 4 nitrogen and oxygen atoms in total. The number of nitrogens with zero attached hydrogens (tertiary/aromatic N) is 3. The Morgan fingerprint density at radius 3 is 2.65 bits per heavy atom. The van der Waals surface area contributed by atoms with E-state index in [4.69, 9.17) is 5.26 Å². The van der Waals surface area contributed by atoms with Crippen molar-refractivity contribution in [1.82, 2.24) is 9.55 Å². The first-order valence-corrected chi connectivity index (χ1v) is 9.84. The summed E-state index contributed by atoms with van der Waals surface area (Å²) < 4.78 is 1.66. The average Bonchev–Trinajstić information content (AvgIpc) is 2.67. The Morgan fingerprint density at radius 2 is 1.92 bits per heavy atom. The van der Waals surface area contributed by atoms with E-state index in [1.54, 1.807) is 10.6 Å². The Morgan fingerprint density at radius 1 is 1.15 bits per heavy atom. The number of fused-ring (bicyclic) bond motifs is 1. The predicted molar refractivity (Wildman–Crippen MR) is 107 cm³/mol. The van der Waals surface area contributed by atoms with Crippen LogP contribution in [0.5, 0.6) is 0 Å². The number of aromatic nitrogens is 2. The molecule has 0 radical (unpaired) electrons. The molecule has 132 valence electrons. The summed E-state index contributed by atoms with van der Waals surface area (Å²) in [6.07, 6.45) is 3.79. The number of para-hydroxylation sites is 1. The molecule has 5 heteroatoms. The number of nitriles is 1. The van der Waals surface area contributed by atoms with Crippen molar-refractivity contribution >= 4 is 22.7 Å². The first-order chi connectivity index (χ1) is 12.7. The van der Waals surface area contributed by atoms with Crippen LogP contribution in [-0.2, 0) is 6.42 Å². The number of hydrogen-bond acceptors (Lipinski definition) is 4. The molecule has 1 heterocycles. The Hall–Kier alpha value is -2.58. The molecule has 0 spiro atoms. The van der Waals surface area contributed by atoms with Crippen molar-refractivity contribution in [2.24, 2.45) is 0 Å². The maximum absolute atomic E-state index is 13.1. The smallest absolute Gasteiger partial charge is 0.266 e. The summed E-state index contributed by atoms with van der Waals surface area (Å²) in [4.78, 5) is 17.8. The molecule has 0 fully saturated rings. The van der Waals surface area contributed by atoms with Crippen LogP contribution in [0.1, 0.15) is 31.7 Å². The van der Waals surface area contributed by atoms with E-state index in [0.717, 1.165) is 24.9 Å². The van der Waals surface area contributed by atoms with Gasteiger partial charge in [0.1, 0.15) is 0 Å². The predicted octanol–water partition coefficient (Wildman–Crippen LogP) is 4.73. The third-order valence-corrected chi connectivity index (χ3v) is 5.14. The van der Waals surface area contributed by atoms with Crippen LogP contribution in [0.2, 0.25) is 0 Å². The van der Waals surface area contributed by atoms with Gasteiger partial charge in [0.15, 0.2) is 5.16 Å². The third-order valence-electron chi connectivity index (χ3n) is 4.20. The molecule has 0 aliphatic carbocycles. The van der Waals surface area contributed by atoms with Gasteiger partial charge in [0, 0.05) is 12.2 Å². The van der Waals surface area contributed by atoms with Crippen molar-refractivity contribution in [2.45, 2.75) is 37.8 Å². The largest absolute Gasteiger partial charge is 0.268 e. The van der Waals surface area contributed by atoms with E-state index in [2.05, 4.69) is 30.1 Å². The van der Waals surface area contributed by atoms with Crippen molar-refractivity contribution in [3.8, 4) is 11.8 Å². The monoisotopic (exact) mass is 363 g/mol. The zero-order valence-electron chi connectivity index (χ0n) is 14.8. The highest BCUT2D eigenvalue weighted by molar-refractivity contribution is 7.99. The van der Waals surface area contributed by atoms with Crippen LogP contribution in [0.4, 0.5) is 0 Å². The van der Waals surface area contributed by atoms with E-state index in [0.29, 0.717) is 28.2 Å². The van der Waals surface area contributed by atoms with E-state index >= 15 is 0 Å². The molecule has 0 amide bonds. The molecule has 0 aliphatic rings. The van der Waals surface area contributed by atoms with Crippen LogP contribution in [0, 0.1) is 11.3 Å². The molecule has 3 rings (SSSR count). The summed E-state index contributed by atoms with van der Waals surface area (Å²) in [7, 11) is 0. The molecule has 0 N–H and O–H groups in total. The fourth-order valence-electron chi connectivity index (χ4n) is 2.82. The van der Waals surface area contributed by atoms with Crippen LogP contribution < -0.4 is 5.56 Å². The van der Waals surface area contributed by atoms with E-state index in [1.165, 1.54) is 17.3 Å². The lowest BCUT2D eigenvalue weighted by Gasteiger charge is -2.13. The first-order valence-electron chi connectivity index (χ1n) is 8.85. The molecule has 0 aliphatic heterocycles. The van der Waals surface area contributed by atoms with Gasteiger partial charge in [-0.25, -0.2) is 4.98 Å². The van der Waals surface area contributed by atoms with Gasteiger partial charge in [-0.05, 0) is 42.7 Å². The number of rotatable bonds is 7. The molecular formula is C21H21N3OS. The lowest BCUT2D eigenvalue weighted by molar-refractivity contribution is 0.791. The van der Waals surface area contributed by atoms with Crippen LogP contribution in [0.3, 0.4) is 0 Å². The van der Waals surface area contributed by atoms with Crippen molar-refractivity contribution in [1.29, 1.82) is 5.26 Å². The Bertz CT molecular complexity index is 987. The zero-order valence-corrected chi connectivity index (χ0v) is 15.6. The normalized spacial score (nSPS) is 10.8. The fourth-order valence-corrected chi connectivity index (χ4v) is 3.67. The Kier molecular flexibility index (Phi) is 6.08. The van der Waals surface area contributed by atoms with Gasteiger partial charge in [-0.1, -0.05) is 49.4 Å². The van der Waals surface area contributed by atoms with Crippen LogP contribution >= 0.6 is 11.8 Å². The van der Waals surface area contributed by atoms with Gasteiger partial charge < -0.3 is 0 Å². The SMILES string of the molecule is CCCCc1ccc(-n2c(SCCC#N)nc3ccccc3c2=O)cc1. The highest BCUT2D eigenvalue weighted by Gasteiger charge is 2.13. The van der Waals surface area contributed by atoms with Crippen molar-refractivity contribution in [2.75, 3.05) is 5.75 Å². The van der Waals surface area contributed by atoms with E-state index < -0.39 is 0 Å². The van der Waals surface area contributed by atoms with Crippen LogP contribution in [0.15, 0.2) is 58.5 Å². The number of aryl methyl sites for hydroxylation is 1. The fraction of sp³-hybridized carbons (Fsp3) is 0.286. The van der Waals surface area contributed by atoms with Gasteiger partial charge in [0.25, 0.3) is 5.56 Å². The summed E-state index contributed by atoms with van der Waals surface area (Å²) >= 11 is 1.44. The zero-order chi connectivity index (χ0) is 18.4. The third kappa shape index (κ3) is 3.97. The highest BCUT2D eigenvalue weighted by Crippen LogP contribution is 2.22. The molecule has 3 aromatic rings. The van der Waals surface area contributed by atoms with Crippen molar-refractivity contribution < 1.29 is 0 Å². The molecule has 0 saturated heterocycles. The number of hydrogen-bond donors (Lipinski definition) is 0.